The van der Waals surface area contributed by atoms with Gasteiger partial charge in [-0.1, -0.05) is 18.1 Å². The van der Waals surface area contributed by atoms with Crippen LogP contribution in [0.25, 0.3) is 0 Å². The molecule has 1 atom stereocenters. The minimum atomic E-state index is -1.05. The summed E-state index contributed by atoms with van der Waals surface area (Å²) < 4.78 is 0. The third-order valence-electron chi connectivity index (χ3n) is 2.24. The van der Waals surface area contributed by atoms with Gasteiger partial charge in [0, 0.05) is 18.9 Å². The molecule has 1 aromatic carbocycles. The first-order valence-corrected chi connectivity index (χ1v) is 5.08. The maximum Gasteiger partial charge on any atom is 0.326 e. The van der Waals surface area contributed by atoms with Gasteiger partial charge in [0.1, 0.15) is 6.04 Å². The molecule has 0 saturated carbocycles. The van der Waals surface area contributed by atoms with E-state index in [1.165, 1.54) is 6.92 Å². The quantitative estimate of drug-likeness (QED) is 0.753. The smallest absolute Gasteiger partial charge is 0.326 e. The van der Waals surface area contributed by atoms with Crippen molar-refractivity contribution < 1.29 is 14.7 Å². The zero-order chi connectivity index (χ0) is 12.8. The van der Waals surface area contributed by atoms with E-state index in [4.69, 9.17) is 11.5 Å². The van der Waals surface area contributed by atoms with Crippen molar-refractivity contribution in [1.82, 2.24) is 5.32 Å². The number of benzene rings is 1. The molecule has 2 N–H and O–H groups in total. The average Bonchev–Trinajstić information content (AvgIpc) is 2.28. The van der Waals surface area contributed by atoms with E-state index in [1.54, 1.807) is 24.3 Å². The van der Waals surface area contributed by atoms with Gasteiger partial charge in [-0.15, -0.1) is 6.42 Å². The highest BCUT2D eigenvalue weighted by molar-refractivity contribution is 5.82. The highest BCUT2D eigenvalue weighted by Gasteiger charge is 2.18. The molecule has 1 aromatic rings. The molecule has 0 aromatic heterocycles. The van der Waals surface area contributed by atoms with Gasteiger partial charge >= 0.3 is 5.97 Å². The van der Waals surface area contributed by atoms with Gasteiger partial charge in [0.05, 0.1) is 0 Å². The van der Waals surface area contributed by atoms with Gasteiger partial charge in [-0.05, 0) is 17.7 Å². The van der Waals surface area contributed by atoms with E-state index in [-0.39, 0.29) is 12.3 Å². The van der Waals surface area contributed by atoms with Gasteiger partial charge in [-0.2, -0.15) is 0 Å². The molecular formula is C13H13NO3. The number of rotatable bonds is 4. The van der Waals surface area contributed by atoms with Crippen LogP contribution in [0.15, 0.2) is 24.3 Å². The molecule has 0 saturated heterocycles. The van der Waals surface area contributed by atoms with Crippen LogP contribution >= 0.6 is 0 Å². The number of aliphatic carboxylic acids is 1. The molecule has 1 amide bonds. The third kappa shape index (κ3) is 3.99. The van der Waals surface area contributed by atoms with Crippen molar-refractivity contribution in [1.29, 1.82) is 0 Å². The summed E-state index contributed by atoms with van der Waals surface area (Å²) in [5.74, 6) is 1.06. The van der Waals surface area contributed by atoms with E-state index in [0.29, 0.717) is 0 Å². The largest absolute Gasteiger partial charge is 0.480 e. The highest BCUT2D eigenvalue weighted by atomic mass is 16.4. The van der Waals surface area contributed by atoms with E-state index >= 15 is 0 Å². The maximum absolute atomic E-state index is 10.9. The van der Waals surface area contributed by atoms with Crippen molar-refractivity contribution in [2.45, 2.75) is 19.4 Å². The predicted molar refractivity (Wildman–Crippen MR) is 63.3 cm³/mol. The lowest BCUT2D eigenvalue weighted by Gasteiger charge is -2.13. The number of carboxylic acids is 1. The van der Waals surface area contributed by atoms with E-state index in [1.807, 2.05) is 0 Å². The number of terminal acetylenes is 1. The number of carbonyl (C=O) groups is 2. The fourth-order valence-corrected chi connectivity index (χ4v) is 1.42. The lowest BCUT2D eigenvalue weighted by atomic mass is 10.0. The zero-order valence-corrected chi connectivity index (χ0v) is 9.43. The number of hydrogen-bond acceptors (Lipinski definition) is 2. The van der Waals surface area contributed by atoms with Crippen LogP contribution in [0.2, 0.25) is 0 Å². The molecule has 88 valence electrons. The number of carbonyl (C=O) groups excluding carboxylic acids is 1. The second-order valence-corrected chi connectivity index (χ2v) is 3.64. The third-order valence-corrected chi connectivity index (χ3v) is 2.24. The molecule has 0 spiro atoms. The van der Waals surface area contributed by atoms with Crippen molar-refractivity contribution in [2.75, 3.05) is 0 Å². The molecular weight excluding hydrogens is 218 g/mol. The van der Waals surface area contributed by atoms with Crippen molar-refractivity contribution >= 4 is 11.9 Å². The molecule has 0 bridgehead atoms. The maximum atomic E-state index is 10.9. The normalized spacial score (nSPS) is 11.3. The molecule has 0 radical (unpaired) electrons. The van der Waals surface area contributed by atoms with Crippen LogP contribution in [0.1, 0.15) is 18.1 Å². The summed E-state index contributed by atoms with van der Waals surface area (Å²) in [5.41, 5.74) is 1.55. The zero-order valence-electron chi connectivity index (χ0n) is 9.43. The van der Waals surface area contributed by atoms with Crippen LogP contribution in [0.3, 0.4) is 0 Å². The lowest BCUT2D eigenvalue weighted by Crippen LogP contribution is -2.41. The monoisotopic (exact) mass is 231 g/mol. The van der Waals surface area contributed by atoms with Gasteiger partial charge < -0.3 is 10.4 Å². The van der Waals surface area contributed by atoms with E-state index < -0.39 is 12.0 Å². The summed E-state index contributed by atoms with van der Waals surface area (Å²) in [5, 5.41) is 11.3. The van der Waals surface area contributed by atoms with Gasteiger partial charge in [-0.25, -0.2) is 4.79 Å². The summed E-state index contributed by atoms with van der Waals surface area (Å²) in [6.45, 7) is 1.29. The molecule has 17 heavy (non-hydrogen) atoms. The average molecular weight is 231 g/mol. The Balaban J connectivity index is 2.75. The topological polar surface area (TPSA) is 66.4 Å². The Hall–Kier alpha value is -2.28. The fourth-order valence-electron chi connectivity index (χ4n) is 1.42. The van der Waals surface area contributed by atoms with Crippen LogP contribution < -0.4 is 5.32 Å². The van der Waals surface area contributed by atoms with Gasteiger partial charge in [-0.3, -0.25) is 4.79 Å². The van der Waals surface area contributed by atoms with Gasteiger partial charge in [0.2, 0.25) is 5.91 Å². The number of hydrogen-bond donors (Lipinski definition) is 2. The molecule has 0 heterocycles. The summed E-state index contributed by atoms with van der Waals surface area (Å²) in [4.78, 5) is 21.8. The first-order chi connectivity index (χ1) is 8.02. The second-order valence-electron chi connectivity index (χ2n) is 3.64. The molecule has 0 fully saturated rings. The number of nitrogens with one attached hydrogen (secondary N) is 1. The molecule has 0 aliphatic rings. The Bertz CT molecular complexity index is 457. The minimum absolute atomic E-state index is 0.236. The van der Waals surface area contributed by atoms with Crippen LogP contribution in [0, 0.1) is 12.3 Å². The summed E-state index contributed by atoms with van der Waals surface area (Å²) >= 11 is 0. The van der Waals surface area contributed by atoms with Crippen LogP contribution in [-0.2, 0) is 16.0 Å². The fraction of sp³-hybridized carbons (Fsp3) is 0.231. The standard InChI is InChI=1S/C13H13NO3/c1-3-10-4-6-11(7-5-10)8-12(13(16)17)14-9(2)15/h1,4-7,12H,8H2,2H3,(H,14,15)(H,16,17)/t12-/m1/s1. The van der Waals surface area contributed by atoms with Crippen LogP contribution in [0.5, 0.6) is 0 Å². The molecule has 0 aliphatic carbocycles. The molecule has 0 aliphatic heterocycles. The van der Waals surface area contributed by atoms with Gasteiger partial charge in [0.25, 0.3) is 0 Å². The highest BCUT2D eigenvalue weighted by Crippen LogP contribution is 2.06. The van der Waals surface area contributed by atoms with Crippen LogP contribution in [-0.4, -0.2) is 23.0 Å². The van der Waals surface area contributed by atoms with Crippen LogP contribution in [0.4, 0.5) is 0 Å². The first-order valence-electron chi connectivity index (χ1n) is 5.08. The predicted octanol–water partition coefficient (Wildman–Crippen LogP) is 0.800. The SMILES string of the molecule is C#Cc1ccc(C[C@@H](NC(C)=O)C(=O)O)cc1. The van der Waals surface area contributed by atoms with E-state index in [0.717, 1.165) is 11.1 Å². The lowest BCUT2D eigenvalue weighted by molar-refractivity contribution is -0.141. The molecule has 0 unspecified atom stereocenters. The van der Waals surface area contributed by atoms with Crippen molar-refractivity contribution in [2.24, 2.45) is 0 Å². The minimum Gasteiger partial charge on any atom is -0.480 e. The van der Waals surface area contributed by atoms with Crippen molar-refractivity contribution in [3.63, 3.8) is 0 Å². The Morgan fingerprint density at radius 1 is 1.41 bits per heavy atom. The van der Waals surface area contributed by atoms with Crippen molar-refractivity contribution in [3.05, 3.63) is 35.4 Å². The molecule has 4 heteroatoms. The first kappa shape index (κ1) is 12.8. The van der Waals surface area contributed by atoms with E-state index in [9.17, 15) is 9.59 Å². The Kier molecular flexibility index (Phi) is 4.29. The molecule has 4 nitrogen and oxygen atoms in total. The van der Waals surface area contributed by atoms with Crippen molar-refractivity contribution in [3.8, 4) is 12.3 Å². The summed E-state index contributed by atoms with van der Waals surface area (Å²) in [7, 11) is 0. The summed E-state index contributed by atoms with van der Waals surface area (Å²) in [6.07, 6.45) is 5.45. The summed E-state index contributed by atoms with van der Waals surface area (Å²) in [6, 6.07) is 6.08. The number of amides is 1. The molecule has 1 rings (SSSR count). The Morgan fingerprint density at radius 3 is 2.41 bits per heavy atom. The second kappa shape index (κ2) is 5.71. The Labute approximate surface area is 99.7 Å². The van der Waals surface area contributed by atoms with E-state index in [2.05, 4.69) is 11.2 Å². The van der Waals surface area contributed by atoms with Gasteiger partial charge in [0.15, 0.2) is 0 Å². The Morgan fingerprint density at radius 2 is 2.00 bits per heavy atom. The number of carboxylic acid groups (broad SMARTS) is 1.